The molecule has 0 bridgehead atoms. The Morgan fingerprint density at radius 2 is 2.31 bits per heavy atom. The van der Waals surface area contributed by atoms with Crippen molar-refractivity contribution in [2.75, 3.05) is 33.5 Å². The lowest BCUT2D eigenvalue weighted by molar-refractivity contribution is -0.127. The van der Waals surface area contributed by atoms with Crippen molar-refractivity contribution in [1.29, 1.82) is 0 Å². The van der Waals surface area contributed by atoms with Crippen LogP contribution in [0.1, 0.15) is 6.92 Å². The van der Waals surface area contributed by atoms with Gasteiger partial charge in [-0.3, -0.25) is 4.79 Å². The number of nitrogens with one attached hydrogen (secondary N) is 1. The van der Waals surface area contributed by atoms with Crippen molar-refractivity contribution in [1.82, 2.24) is 5.32 Å². The van der Waals surface area contributed by atoms with Crippen molar-refractivity contribution in [2.45, 2.75) is 13.0 Å². The Kier molecular flexibility index (Phi) is 7.57. The summed E-state index contributed by atoms with van der Waals surface area (Å²) in [6.45, 7) is 2.50. The largest absolute Gasteiger partial charge is 0.394 e. The SMILES string of the molecule is CCOCC(=O)NC(CO)COC. The van der Waals surface area contributed by atoms with Crippen LogP contribution in [0.5, 0.6) is 0 Å². The summed E-state index contributed by atoms with van der Waals surface area (Å²) in [6.07, 6.45) is 0. The van der Waals surface area contributed by atoms with Gasteiger partial charge in [-0.05, 0) is 6.92 Å². The summed E-state index contributed by atoms with van der Waals surface area (Å²) in [4.78, 5) is 11.0. The number of ether oxygens (including phenoxy) is 2. The van der Waals surface area contributed by atoms with Crippen molar-refractivity contribution < 1.29 is 19.4 Å². The monoisotopic (exact) mass is 191 g/mol. The molecule has 0 radical (unpaired) electrons. The van der Waals surface area contributed by atoms with Gasteiger partial charge >= 0.3 is 0 Å². The van der Waals surface area contributed by atoms with Crippen LogP contribution in [-0.2, 0) is 14.3 Å². The molecule has 0 rings (SSSR count). The third-order valence-electron chi connectivity index (χ3n) is 1.39. The number of hydrogen-bond acceptors (Lipinski definition) is 4. The van der Waals surface area contributed by atoms with E-state index in [9.17, 15) is 4.79 Å². The highest BCUT2D eigenvalue weighted by atomic mass is 16.5. The van der Waals surface area contributed by atoms with Crippen molar-refractivity contribution in [3.8, 4) is 0 Å². The predicted octanol–water partition coefficient (Wildman–Crippen LogP) is -0.854. The van der Waals surface area contributed by atoms with E-state index in [0.717, 1.165) is 0 Å². The number of hydrogen-bond donors (Lipinski definition) is 2. The van der Waals surface area contributed by atoms with E-state index in [-0.39, 0.29) is 25.2 Å². The molecule has 0 spiro atoms. The first-order valence-corrected chi connectivity index (χ1v) is 4.21. The number of methoxy groups -OCH3 is 1. The first kappa shape index (κ1) is 12.3. The Bertz CT molecular complexity index is 140. The molecule has 0 aromatic heterocycles. The highest BCUT2D eigenvalue weighted by Crippen LogP contribution is 1.84. The minimum absolute atomic E-state index is 0.0245. The standard InChI is InChI=1S/C8H17NO4/c1-3-13-6-8(11)9-7(4-10)5-12-2/h7,10H,3-6H2,1-2H3,(H,9,11). The second-order valence-electron chi connectivity index (χ2n) is 2.54. The summed E-state index contributed by atoms with van der Waals surface area (Å²) in [5, 5.41) is 11.4. The van der Waals surface area contributed by atoms with Gasteiger partial charge in [-0.25, -0.2) is 0 Å². The van der Waals surface area contributed by atoms with E-state index in [1.54, 1.807) is 0 Å². The average Bonchev–Trinajstić information content (AvgIpc) is 2.14. The molecule has 0 aromatic rings. The van der Waals surface area contributed by atoms with Crippen LogP contribution < -0.4 is 5.32 Å². The third-order valence-corrected chi connectivity index (χ3v) is 1.39. The minimum atomic E-state index is -0.349. The van der Waals surface area contributed by atoms with Crippen molar-refractivity contribution in [3.05, 3.63) is 0 Å². The average molecular weight is 191 g/mol. The summed E-state index contributed by atoms with van der Waals surface area (Å²) < 4.78 is 9.67. The molecule has 2 N–H and O–H groups in total. The molecule has 0 aliphatic rings. The summed E-state index contributed by atoms with van der Waals surface area (Å²) in [5.41, 5.74) is 0. The van der Waals surface area contributed by atoms with Crippen LogP contribution in [0.25, 0.3) is 0 Å². The molecule has 5 heteroatoms. The van der Waals surface area contributed by atoms with Crippen molar-refractivity contribution >= 4 is 5.91 Å². The molecule has 0 saturated heterocycles. The van der Waals surface area contributed by atoms with E-state index in [0.29, 0.717) is 13.2 Å². The maximum atomic E-state index is 11.0. The smallest absolute Gasteiger partial charge is 0.246 e. The van der Waals surface area contributed by atoms with Gasteiger partial charge in [0.1, 0.15) is 6.61 Å². The van der Waals surface area contributed by atoms with E-state index in [1.165, 1.54) is 7.11 Å². The topological polar surface area (TPSA) is 67.8 Å². The fourth-order valence-electron chi connectivity index (χ4n) is 0.805. The maximum Gasteiger partial charge on any atom is 0.246 e. The van der Waals surface area contributed by atoms with Gasteiger partial charge < -0.3 is 19.9 Å². The van der Waals surface area contributed by atoms with E-state index < -0.39 is 0 Å². The number of aliphatic hydroxyl groups excluding tert-OH is 1. The van der Waals surface area contributed by atoms with E-state index >= 15 is 0 Å². The molecule has 0 aliphatic carbocycles. The molecule has 0 aromatic carbocycles. The maximum absolute atomic E-state index is 11.0. The van der Waals surface area contributed by atoms with Crippen LogP contribution in [-0.4, -0.2) is 50.6 Å². The zero-order valence-corrected chi connectivity index (χ0v) is 8.08. The molecule has 0 heterocycles. The number of rotatable bonds is 7. The summed E-state index contributed by atoms with van der Waals surface area (Å²) in [6, 6.07) is -0.349. The Morgan fingerprint density at radius 1 is 1.62 bits per heavy atom. The Labute approximate surface area is 78.0 Å². The summed E-state index contributed by atoms with van der Waals surface area (Å²) >= 11 is 0. The Balaban J connectivity index is 3.60. The molecule has 0 saturated carbocycles. The molecule has 0 fully saturated rings. The van der Waals surface area contributed by atoms with E-state index in [1.807, 2.05) is 6.92 Å². The molecular formula is C8H17NO4. The summed E-state index contributed by atoms with van der Waals surface area (Å²) in [7, 11) is 1.51. The van der Waals surface area contributed by atoms with Gasteiger partial charge in [0.25, 0.3) is 0 Å². The quantitative estimate of drug-likeness (QED) is 0.550. The minimum Gasteiger partial charge on any atom is -0.394 e. The zero-order valence-electron chi connectivity index (χ0n) is 8.08. The van der Waals surface area contributed by atoms with Crippen LogP contribution in [0.2, 0.25) is 0 Å². The number of amides is 1. The van der Waals surface area contributed by atoms with Crippen LogP contribution in [0.15, 0.2) is 0 Å². The van der Waals surface area contributed by atoms with Crippen LogP contribution in [0.4, 0.5) is 0 Å². The highest BCUT2D eigenvalue weighted by Gasteiger charge is 2.10. The van der Waals surface area contributed by atoms with Crippen LogP contribution >= 0.6 is 0 Å². The van der Waals surface area contributed by atoms with Gasteiger partial charge in [0.15, 0.2) is 0 Å². The van der Waals surface area contributed by atoms with Gasteiger partial charge in [0.2, 0.25) is 5.91 Å². The second-order valence-corrected chi connectivity index (χ2v) is 2.54. The molecule has 5 nitrogen and oxygen atoms in total. The van der Waals surface area contributed by atoms with E-state index in [2.05, 4.69) is 5.32 Å². The fourth-order valence-corrected chi connectivity index (χ4v) is 0.805. The number of carbonyl (C=O) groups is 1. The lowest BCUT2D eigenvalue weighted by atomic mass is 10.3. The Hall–Kier alpha value is -0.650. The second kappa shape index (κ2) is 7.97. The summed E-state index contributed by atoms with van der Waals surface area (Å²) in [5.74, 6) is -0.238. The molecule has 78 valence electrons. The van der Waals surface area contributed by atoms with E-state index in [4.69, 9.17) is 14.6 Å². The van der Waals surface area contributed by atoms with Crippen molar-refractivity contribution in [3.63, 3.8) is 0 Å². The van der Waals surface area contributed by atoms with Gasteiger partial charge in [0.05, 0.1) is 19.3 Å². The molecule has 1 amide bonds. The van der Waals surface area contributed by atoms with Crippen LogP contribution in [0, 0.1) is 0 Å². The first-order valence-electron chi connectivity index (χ1n) is 4.21. The fraction of sp³-hybridized carbons (Fsp3) is 0.875. The highest BCUT2D eigenvalue weighted by molar-refractivity contribution is 5.77. The van der Waals surface area contributed by atoms with Gasteiger partial charge in [-0.15, -0.1) is 0 Å². The lowest BCUT2D eigenvalue weighted by Gasteiger charge is -2.14. The van der Waals surface area contributed by atoms with Gasteiger partial charge in [-0.2, -0.15) is 0 Å². The zero-order chi connectivity index (χ0) is 10.1. The molecule has 1 unspecified atom stereocenters. The van der Waals surface area contributed by atoms with Crippen molar-refractivity contribution in [2.24, 2.45) is 0 Å². The molecule has 0 aliphatic heterocycles. The third kappa shape index (κ3) is 6.51. The lowest BCUT2D eigenvalue weighted by Crippen LogP contribution is -2.42. The number of aliphatic hydroxyl groups is 1. The molecule has 1 atom stereocenters. The predicted molar refractivity (Wildman–Crippen MR) is 47.4 cm³/mol. The first-order chi connectivity index (χ1) is 6.24. The molecule has 13 heavy (non-hydrogen) atoms. The normalized spacial score (nSPS) is 12.5. The van der Waals surface area contributed by atoms with Crippen LogP contribution in [0.3, 0.4) is 0 Å². The molecular weight excluding hydrogens is 174 g/mol. The Morgan fingerprint density at radius 3 is 2.77 bits per heavy atom. The van der Waals surface area contributed by atoms with Gasteiger partial charge in [0, 0.05) is 13.7 Å². The number of carbonyl (C=O) groups excluding carboxylic acids is 1. The van der Waals surface area contributed by atoms with Gasteiger partial charge in [-0.1, -0.05) is 0 Å².